The summed E-state index contributed by atoms with van der Waals surface area (Å²) in [6.07, 6.45) is 2.32. The van der Waals surface area contributed by atoms with Crippen LogP contribution in [-0.2, 0) is 21.2 Å². The molecule has 0 unspecified atom stereocenters. The quantitative estimate of drug-likeness (QED) is 0.817. The van der Waals surface area contributed by atoms with Gasteiger partial charge in [-0.15, -0.1) is 5.10 Å². The molecule has 3 heterocycles. The van der Waals surface area contributed by atoms with Crippen molar-refractivity contribution in [2.45, 2.75) is 51.6 Å². The third-order valence-electron chi connectivity index (χ3n) is 5.18. The molecule has 1 N–H and O–H groups in total. The van der Waals surface area contributed by atoms with E-state index in [1.165, 1.54) is 11.5 Å². The van der Waals surface area contributed by atoms with Gasteiger partial charge in [-0.2, -0.15) is 0 Å². The number of hydrogen-bond donors (Lipinski definition) is 1. The molecule has 3 rings (SSSR count). The number of aromatic nitrogens is 2. The van der Waals surface area contributed by atoms with Gasteiger partial charge in [-0.25, -0.2) is 8.42 Å². The van der Waals surface area contributed by atoms with Crippen molar-refractivity contribution >= 4 is 27.3 Å². The summed E-state index contributed by atoms with van der Waals surface area (Å²) in [6.45, 7) is 6.24. The lowest BCUT2D eigenvalue weighted by atomic mass is 9.94. The molecule has 0 bridgehead atoms. The Morgan fingerprint density at radius 2 is 2.04 bits per heavy atom. The largest absolute Gasteiger partial charge is 0.351 e. The minimum atomic E-state index is -2.85. The van der Waals surface area contributed by atoms with Gasteiger partial charge in [-0.05, 0) is 49.8 Å². The van der Waals surface area contributed by atoms with Crippen LogP contribution in [0.4, 0.5) is 0 Å². The highest BCUT2D eigenvalue weighted by Crippen LogP contribution is 2.25. The molecule has 9 heteroatoms. The highest BCUT2D eigenvalue weighted by molar-refractivity contribution is 7.91. The zero-order chi connectivity index (χ0) is 18.0. The second-order valence-corrected chi connectivity index (χ2v) is 10.4. The van der Waals surface area contributed by atoms with Crippen LogP contribution in [0.1, 0.15) is 49.6 Å². The molecule has 2 saturated heterocycles. The molecule has 1 aromatic heterocycles. The Kier molecular flexibility index (Phi) is 5.75. The molecule has 0 saturated carbocycles. The third kappa shape index (κ3) is 4.57. The van der Waals surface area contributed by atoms with Crippen molar-refractivity contribution in [1.29, 1.82) is 0 Å². The van der Waals surface area contributed by atoms with E-state index in [0.717, 1.165) is 42.9 Å². The van der Waals surface area contributed by atoms with Gasteiger partial charge >= 0.3 is 0 Å². The predicted molar refractivity (Wildman–Crippen MR) is 97.2 cm³/mol. The molecule has 2 aliphatic heterocycles. The first-order valence-corrected chi connectivity index (χ1v) is 11.5. The van der Waals surface area contributed by atoms with Crippen LogP contribution < -0.4 is 5.32 Å². The predicted octanol–water partition coefficient (Wildman–Crippen LogP) is 1.18. The fraction of sp³-hybridized carbons (Fsp3) is 0.812. The number of likely N-dealkylation sites (tertiary alicyclic amines) is 1. The van der Waals surface area contributed by atoms with E-state index in [-0.39, 0.29) is 23.6 Å². The minimum absolute atomic E-state index is 0.0117. The SMILES string of the molecule is CC(C)c1nnsc1CNC(=O)C1CCN([C@H]2CCS(=O)(=O)C2)CC1. The summed E-state index contributed by atoms with van der Waals surface area (Å²) >= 11 is 1.34. The van der Waals surface area contributed by atoms with Crippen LogP contribution >= 0.6 is 11.5 Å². The van der Waals surface area contributed by atoms with Crippen LogP contribution in [0.25, 0.3) is 0 Å². The molecule has 7 nitrogen and oxygen atoms in total. The van der Waals surface area contributed by atoms with Gasteiger partial charge in [0.25, 0.3) is 0 Å². The van der Waals surface area contributed by atoms with Gasteiger partial charge in [0.05, 0.1) is 28.6 Å². The van der Waals surface area contributed by atoms with Crippen LogP contribution in [-0.4, -0.2) is 59.4 Å². The topological polar surface area (TPSA) is 92.3 Å². The Morgan fingerprint density at radius 3 is 2.64 bits per heavy atom. The van der Waals surface area contributed by atoms with E-state index in [1.54, 1.807) is 0 Å². The first-order chi connectivity index (χ1) is 11.9. The summed E-state index contributed by atoms with van der Waals surface area (Å²) in [5.41, 5.74) is 0.961. The average molecular weight is 387 g/mol. The fourth-order valence-corrected chi connectivity index (χ4v) is 6.17. The fourth-order valence-electron chi connectivity index (χ4n) is 3.68. The van der Waals surface area contributed by atoms with Gasteiger partial charge in [0.15, 0.2) is 9.84 Å². The van der Waals surface area contributed by atoms with Crippen molar-refractivity contribution in [2.24, 2.45) is 5.92 Å². The zero-order valence-corrected chi connectivity index (χ0v) is 16.4. The van der Waals surface area contributed by atoms with Crippen molar-refractivity contribution in [3.05, 3.63) is 10.6 Å². The van der Waals surface area contributed by atoms with E-state index in [9.17, 15) is 13.2 Å². The number of piperidine rings is 1. The lowest BCUT2D eigenvalue weighted by Crippen LogP contribution is -2.45. The molecule has 0 radical (unpaired) electrons. The van der Waals surface area contributed by atoms with E-state index in [4.69, 9.17) is 0 Å². The monoisotopic (exact) mass is 386 g/mol. The van der Waals surface area contributed by atoms with Crippen LogP contribution in [0.5, 0.6) is 0 Å². The number of nitrogens with zero attached hydrogens (tertiary/aromatic N) is 3. The zero-order valence-electron chi connectivity index (χ0n) is 14.8. The molecule has 1 amide bonds. The summed E-state index contributed by atoms with van der Waals surface area (Å²) in [7, 11) is -2.85. The maximum atomic E-state index is 12.4. The second-order valence-electron chi connectivity index (χ2n) is 7.32. The van der Waals surface area contributed by atoms with E-state index in [0.29, 0.717) is 18.2 Å². The lowest BCUT2D eigenvalue weighted by Gasteiger charge is -2.34. The smallest absolute Gasteiger partial charge is 0.223 e. The van der Waals surface area contributed by atoms with Crippen LogP contribution in [0, 0.1) is 5.92 Å². The van der Waals surface area contributed by atoms with E-state index in [2.05, 4.69) is 33.7 Å². The van der Waals surface area contributed by atoms with Crippen molar-refractivity contribution in [2.75, 3.05) is 24.6 Å². The molecular formula is C16H26N4O3S2. The lowest BCUT2D eigenvalue weighted by molar-refractivity contribution is -0.126. The number of carbonyl (C=O) groups excluding carboxylic acids is 1. The molecule has 25 heavy (non-hydrogen) atoms. The summed E-state index contributed by atoms with van der Waals surface area (Å²) in [5, 5.41) is 7.16. The van der Waals surface area contributed by atoms with Gasteiger partial charge in [-0.3, -0.25) is 9.69 Å². The van der Waals surface area contributed by atoms with E-state index in [1.807, 2.05) is 0 Å². The third-order valence-corrected chi connectivity index (χ3v) is 7.67. The first kappa shape index (κ1) is 18.7. The molecule has 1 aromatic rings. The minimum Gasteiger partial charge on any atom is -0.351 e. The van der Waals surface area contributed by atoms with E-state index >= 15 is 0 Å². The molecule has 140 valence electrons. The molecule has 0 aliphatic carbocycles. The second kappa shape index (κ2) is 7.67. The standard InChI is InChI=1S/C16H26N4O3S2/c1-11(2)15-14(24-19-18-15)9-17-16(21)12-3-6-20(7-4-12)13-5-8-25(22,23)10-13/h11-13H,3-10H2,1-2H3,(H,17,21)/t13-/m0/s1. The highest BCUT2D eigenvalue weighted by Gasteiger charge is 2.35. The van der Waals surface area contributed by atoms with Crippen LogP contribution in [0.15, 0.2) is 0 Å². The van der Waals surface area contributed by atoms with Crippen molar-refractivity contribution in [3.8, 4) is 0 Å². The highest BCUT2D eigenvalue weighted by atomic mass is 32.2. The number of rotatable bonds is 5. The van der Waals surface area contributed by atoms with Gasteiger partial charge in [0, 0.05) is 12.0 Å². The molecule has 0 spiro atoms. The van der Waals surface area contributed by atoms with Gasteiger partial charge in [0.2, 0.25) is 5.91 Å². The van der Waals surface area contributed by atoms with Gasteiger partial charge in [-0.1, -0.05) is 18.3 Å². The molecule has 1 atom stereocenters. The Bertz CT molecular complexity index is 709. The Balaban J connectivity index is 1.46. The molecule has 2 aliphatic rings. The summed E-state index contributed by atoms with van der Waals surface area (Å²) in [4.78, 5) is 15.7. The maximum Gasteiger partial charge on any atom is 0.223 e. The molecule has 0 aromatic carbocycles. The van der Waals surface area contributed by atoms with Gasteiger partial charge < -0.3 is 5.32 Å². The van der Waals surface area contributed by atoms with Gasteiger partial charge in [0.1, 0.15) is 0 Å². The van der Waals surface area contributed by atoms with Crippen LogP contribution in [0.3, 0.4) is 0 Å². The van der Waals surface area contributed by atoms with Crippen molar-refractivity contribution in [3.63, 3.8) is 0 Å². The van der Waals surface area contributed by atoms with Crippen LogP contribution in [0.2, 0.25) is 0 Å². The van der Waals surface area contributed by atoms with E-state index < -0.39 is 9.84 Å². The normalized spacial score (nSPS) is 24.7. The number of sulfone groups is 1. The van der Waals surface area contributed by atoms with Crippen molar-refractivity contribution < 1.29 is 13.2 Å². The summed E-state index contributed by atoms with van der Waals surface area (Å²) in [5.74, 6) is 0.982. The number of amides is 1. The van der Waals surface area contributed by atoms with Crippen molar-refractivity contribution in [1.82, 2.24) is 19.8 Å². The Hall–Kier alpha value is -1.06. The molecule has 2 fully saturated rings. The summed E-state index contributed by atoms with van der Waals surface area (Å²) < 4.78 is 27.2. The Labute approximate surface area is 153 Å². The molecular weight excluding hydrogens is 360 g/mol. The number of carbonyl (C=O) groups is 1. The summed E-state index contributed by atoms with van der Waals surface area (Å²) in [6, 6.07) is 0.144. The Morgan fingerprint density at radius 1 is 1.32 bits per heavy atom. The first-order valence-electron chi connectivity index (χ1n) is 8.89. The average Bonchev–Trinajstić information content (AvgIpc) is 3.19. The number of hydrogen-bond acceptors (Lipinski definition) is 7. The maximum absolute atomic E-state index is 12.4. The number of nitrogens with one attached hydrogen (secondary N) is 1.